The Bertz CT molecular complexity index is 738. The lowest BCUT2D eigenvalue weighted by Crippen LogP contribution is -2.16. The molecule has 0 aliphatic heterocycles. The van der Waals surface area contributed by atoms with Crippen LogP contribution >= 0.6 is 11.3 Å². The lowest BCUT2D eigenvalue weighted by atomic mass is 10.2. The fourth-order valence-corrected chi connectivity index (χ4v) is 3.37. The van der Waals surface area contributed by atoms with Crippen molar-refractivity contribution in [1.29, 1.82) is 0 Å². The molecule has 24 heavy (non-hydrogen) atoms. The smallest absolute Gasteiger partial charge is 0.275 e. The van der Waals surface area contributed by atoms with E-state index < -0.39 is 0 Å². The lowest BCUT2D eigenvalue weighted by molar-refractivity contribution is -0.114. The van der Waals surface area contributed by atoms with Gasteiger partial charge in [0.05, 0.1) is 11.8 Å². The van der Waals surface area contributed by atoms with Crippen molar-refractivity contribution < 1.29 is 14.3 Å². The second-order valence-electron chi connectivity index (χ2n) is 5.69. The predicted molar refractivity (Wildman–Crippen MR) is 93.7 cm³/mol. The molecule has 1 heterocycles. The van der Waals surface area contributed by atoms with Crippen molar-refractivity contribution in [3.05, 3.63) is 35.3 Å². The highest BCUT2D eigenvalue weighted by Gasteiger charge is 2.19. The van der Waals surface area contributed by atoms with Crippen LogP contribution in [-0.4, -0.2) is 22.9 Å². The largest absolute Gasteiger partial charge is 0.488 e. The summed E-state index contributed by atoms with van der Waals surface area (Å²) in [6.07, 6.45) is 4.69. The lowest BCUT2D eigenvalue weighted by Gasteiger charge is -2.16. The van der Waals surface area contributed by atoms with Crippen LogP contribution in [0.1, 0.15) is 43.1 Å². The van der Waals surface area contributed by atoms with Crippen molar-refractivity contribution in [3.63, 3.8) is 0 Å². The Labute approximate surface area is 144 Å². The van der Waals surface area contributed by atoms with Gasteiger partial charge in [0.15, 0.2) is 5.13 Å². The van der Waals surface area contributed by atoms with Gasteiger partial charge >= 0.3 is 0 Å². The van der Waals surface area contributed by atoms with Gasteiger partial charge in [0.25, 0.3) is 5.91 Å². The molecule has 0 saturated heterocycles. The minimum absolute atomic E-state index is 0.216. The zero-order chi connectivity index (χ0) is 16.9. The minimum atomic E-state index is -0.328. The van der Waals surface area contributed by atoms with E-state index in [0.29, 0.717) is 16.6 Å². The van der Waals surface area contributed by atoms with Gasteiger partial charge in [-0.2, -0.15) is 0 Å². The Kier molecular flexibility index (Phi) is 5.10. The number of nitrogens with one attached hydrogen (secondary N) is 2. The van der Waals surface area contributed by atoms with Gasteiger partial charge in [0, 0.05) is 12.3 Å². The number of para-hydroxylation sites is 2. The zero-order valence-electron chi connectivity index (χ0n) is 13.4. The Morgan fingerprint density at radius 2 is 1.96 bits per heavy atom. The predicted octanol–water partition coefficient (Wildman–Crippen LogP) is 3.68. The second kappa shape index (κ2) is 7.44. The molecule has 1 aliphatic carbocycles. The first-order chi connectivity index (χ1) is 11.6. The van der Waals surface area contributed by atoms with Crippen molar-refractivity contribution in [3.8, 4) is 5.75 Å². The van der Waals surface area contributed by atoms with Gasteiger partial charge in [-0.25, -0.2) is 4.98 Å². The molecule has 0 radical (unpaired) electrons. The minimum Gasteiger partial charge on any atom is -0.488 e. The highest BCUT2D eigenvalue weighted by atomic mass is 32.1. The zero-order valence-corrected chi connectivity index (χ0v) is 14.2. The van der Waals surface area contributed by atoms with E-state index in [0.717, 1.165) is 12.8 Å². The first-order valence-electron chi connectivity index (χ1n) is 7.92. The average molecular weight is 345 g/mol. The quantitative estimate of drug-likeness (QED) is 0.866. The molecule has 0 unspecified atom stereocenters. The number of carbonyl (C=O) groups is 2. The molecule has 2 amide bonds. The summed E-state index contributed by atoms with van der Waals surface area (Å²) in [5, 5.41) is 7.42. The van der Waals surface area contributed by atoms with Gasteiger partial charge < -0.3 is 15.4 Å². The van der Waals surface area contributed by atoms with E-state index in [-0.39, 0.29) is 23.6 Å². The maximum Gasteiger partial charge on any atom is 0.275 e. The fourth-order valence-electron chi connectivity index (χ4n) is 2.63. The number of carbonyl (C=O) groups excluding carboxylic acids is 2. The molecule has 2 aromatic rings. The van der Waals surface area contributed by atoms with Crippen LogP contribution in [0.4, 0.5) is 10.8 Å². The van der Waals surface area contributed by atoms with E-state index in [1.54, 1.807) is 5.38 Å². The van der Waals surface area contributed by atoms with Gasteiger partial charge in [0.1, 0.15) is 11.4 Å². The Hall–Kier alpha value is -2.41. The summed E-state index contributed by atoms with van der Waals surface area (Å²) in [5.41, 5.74) is 0.892. The number of thiazole rings is 1. The molecular formula is C17H19N3O3S. The van der Waals surface area contributed by atoms with Crippen LogP contribution in [0.5, 0.6) is 5.75 Å². The summed E-state index contributed by atoms with van der Waals surface area (Å²) in [6, 6.07) is 7.40. The number of hydrogen-bond donors (Lipinski definition) is 2. The number of amides is 2. The summed E-state index contributed by atoms with van der Waals surface area (Å²) >= 11 is 1.21. The fraction of sp³-hybridized carbons (Fsp3) is 0.353. The third-order valence-corrected chi connectivity index (χ3v) is 4.51. The SMILES string of the molecule is CC(=O)Nc1nc(C(=O)Nc2ccccc2OC2CCCC2)cs1. The average Bonchev–Trinajstić information content (AvgIpc) is 3.20. The normalized spacial score (nSPS) is 14.4. The molecule has 2 N–H and O–H groups in total. The molecule has 3 rings (SSSR count). The third-order valence-electron chi connectivity index (χ3n) is 3.75. The summed E-state index contributed by atoms with van der Waals surface area (Å²) in [5.74, 6) is 0.131. The molecule has 1 fully saturated rings. The van der Waals surface area contributed by atoms with Crippen LogP contribution in [-0.2, 0) is 4.79 Å². The Morgan fingerprint density at radius 3 is 2.71 bits per heavy atom. The van der Waals surface area contributed by atoms with E-state index >= 15 is 0 Å². The van der Waals surface area contributed by atoms with E-state index in [2.05, 4.69) is 15.6 Å². The summed E-state index contributed by atoms with van der Waals surface area (Å²) in [4.78, 5) is 27.5. The van der Waals surface area contributed by atoms with Crippen LogP contribution in [0.2, 0.25) is 0 Å². The first kappa shape index (κ1) is 16.4. The number of nitrogens with zero attached hydrogens (tertiary/aromatic N) is 1. The molecule has 0 atom stereocenters. The summed E-state index contributed by atoms with van der Waals surface area (Å²) < 4.78 is 6.01. The van der Waals surface area contributed by atoms with Gasteiger partial charge in [0.2, 0.25) is 5.91 Å². The van der Waals surface area contributed by atoms with Crippen molar-refractivity contribution in [2.24, 2.45) is 0 Å². The third kappa shape index (κ3) is 4.11. The molecule has 0 spiro atoms. The topological polar surface area (TPSA) is 80.3 Å². The monoisotopic (exact) mass is 345 g/mol. The van der Waals surface area contributed by atoms with E-state index in [9.17, 15) is 9.59 Å². The first-order valence-corrected chi connectivity index (χ1v) is 8.80. The molecule has 7 heteroatoms. The van der Waals surface area contributed by atoms with Crippen molar-refractivity contribution in [2.45, 2.75) is 38.7 Å². The second-order valence-corrected chi connectivity index (χ2v) is 6.55. The highest BCUT2D eigenvalue weighted by Crippen LogP contribution is 2.30. The number of hydrogen-bond acceptors (Lipinski definition) is 5. The van der Waals surface area contributed by atoms with Crippen molar-refractivity contribution in [2.75, 3.05) is 10.6 Å². The maximum atomic E-state index is 12.4. The Balaban J connectivity index is 1.69. The highest BCUT2D eigenvalue weighted by molar-refractivity contribution is 7.14. The van der Waals surface area contributed by atoms with Crippen LogP contribution < -0.4 is 15.4 Å². The van der Waals surface area contributed by atoms with Crippen LogP contribution in [0.3, 0.4) is 0 Å². The van der Waals surface area contributed by atoms with Crippen molar-refractivity contribution >= 4 is 34.0 Å². The number of ether oxygens (including phenoxy) is 1. The number of rotatable bonds is 5. The molecule has 1 aromatic carbocycles. The van der Waals surface area contributed by atoms with Gasteiger partial charge in [-0.3, -0.25) is 9.59 Å². The van der Waals surface area contributed by atoms with Gasteiger partial charge in [-0.15, -0.1) is 11.3 Å². The van der Waals surface area contributed by atoms with Crippen LogP contribution in [0.15, 0.2) is 29.6 Å². The molecule has 126 valence electrons. The molecule has 1 aliphatic rings. The summed E-state index contributed by atoms with van der Waals surface area (Å²) in [7, 11) is 0. The summed E-state index contributed by atoms with van der Waals surface area (Å²) in [6.45, 7) is 1.40. The molecular weight excluding hydrogens is 326 g/mol. The van der Waals surface area contributed by atoms with Crippen molar-refractivity contribution in [1.82, 2.24) is 4.98 Å². The van der Waals surface area contributed by atoms with Gasteiger partial charge in [-0.1, -0.05) is 12.1 Å². The Morgan fingerprint density at radius 1 is 1.21 bits per heavy atom. The maximum absolute atomic E-state index is 12.4. The van der Waals surface area contributed by atoms with Crippen LogP contribution in [0.25, 0.3) is 0 Å². The van der Waals surface area contributed by atoms with Gasteiger partial charge in [-0.05, 0) is 37.8 Å². The molecule has 6 nitrogen and oxygen atoms in total. The molecule has 1 aromatic heterocycles. The number of aromatic nitrogens is 1. The van der Waals surface area contributed by atoms with E-state index in [1.165, 1.54) is 31.1 Å². The van der Waals surface area contributed by atoms with E-state index in [4.69, 9.17) is 4.74 Å². The number of anilines is 2. The molecule has 1 saturated carbocycles. The molecule has 0 bridgehead atoms. The van der Waals surface area contributed by atoms with E-state index in [1.807, 2.05) is 24.3 Å². The standard InChI is InChI=1S/C17H19N3O3S/c1-11(21)18-17-20-14(10-24-17)16(22)19-13-8-4-5-9-15(13)23-12-6-2-3-7-12/h4-5,8-10,12H,2-3,6-7H2,1H3,(H,19,22)(H,18,20,21). The number of benzene rings is 1. The van der Waals surface area contributed by atoms with Crippen LogP contribution in [0, 0.1) is 0 Å².